The van der Waals surface area contributed by atoms with Crippen LogP contribution < -0.4 is 25.9 Å². The first-order valence-corrected chi connectivity index (χ1v) is 12.5. The Morgan fingerprint density at radius 3 is 2.64 bits per heavy atom. The number of nitrogens with zero attached hydrogens (tertiary/aromatic N) is 6. The van der Waals surface area contributed by atoms with E-state index in [1.807, 2.05) is 30.3 Å². The SMILES string of the molecule is COc1nc(N2CCNCC2)ccc1N=c1ncc2cc(-c3ccc(Cl)cc3Cl)c3n(c-2n1)CCN3. The van der Waals surface area contributed by atoms with Crippen molar-refractivity contribution in [3.63, 3.8) is 0 Å². The van der Waals surface area contributed by atoms with Crippen molar-refractivity contribution in [1.29, 1.82) is 0 Å². The lowest BCUT2D eigenvalue weighted by molar-refractivity contribution is 0.398. The lowest BCUT2D eigenvalue weighted by atomic mass is 10.0. The first kappa shape index (κ1) is 23.0. The van der Waals surface area contributed by atoms with Crippen molar-refractivity contribution in [2.24, 2.45) is 4.99 Å². The molecule has 1 aromatic carbocycles. The molecular formula is C25H24Cl2N8O. The number of piperazine rings is 1. The summed E-state index contributed by atoms with van der Waals surface area (Å²) in [4.78, 5) is 20.9. The van der Waals surface area contributed by atoms with Gasteiger partial charge in [0.15, 0.2) is 0 Å². The molecule has 0 spiro atoms. The molecule has 0 amide bonds. The van der Waals surface area contributed by atoms with Gasteiger partial charge in [-0.1, -0.05) is 29.3 Å². The Morgan fingerprint density at radius 2 is 1.83 bits per heavy atom. The summed E-state index contributed by atoms with van der Waals surface area (Å²) in [5, 5.41) is 8.01. The molecule has 9 nitrogen and oxygen atoms in total. The first-order chi connectivity index (χ1) is 17.6. The molecule has 1 saturated heterocycles. The Balaban J connectivity index is 1.42. The number of aromatic nitrogens is 4. The maximum Gasteiger partial charge on any atom is 0.252 e. The average molecular weight is 523 g/mol. The van der Waals surface area contributed by atoms with E-state index in [0.29, 0.717) is 27.2 Å². The third-order valence-electron chi connectivity index (χ3n) is 6.39. The Kier molecular flexibility index (Phi) is 6.12. The van der Waals surface area contributed by atoms with Crippen molar-refractivity contribution in [2.75, 3.05) is 50.1 Å². The molecule has 0 radical (unpaired) electrons. The Labute approximate surface area is 218 Å². The second kappa shape index (κ2) is 9.57. The molecule has 4 aliphatic heterocycles. The van der Waals surface area contributed by atoms with E-state index < -0.39 is 0 Å². The summed E-state index contributed by atoms with van der Waals surface area (Å²) in [6, 6.07) is 11.4. The Morgan fingerprint density at radius 1 is 0.972 bits per heavy atom. The minimum atomic E-state index is 0.344. The zero-order valence-electron chi connectivity index (χ0n) is 19.6. The van der Waals surface area contributed by atoms with Gasteiger partial charge in [0.05, 0.1) is 12.1 Å². The van der Waals surface area contributed by atoms with E-state index in [0.717, 1.165) is 73.4 Å². The van der Waals surface area contributed by atoms with E-state index in [4.69, 9.17) is 32.9 Å². The fraction of sp³-hybridized carbons (Fsp3) is 0.280. The first-order valence-electron chi connectivity index (χ1n) is 11.8. The maximum absolute atomic E-state index is 6.53. The Hall–Kier alpha value is -3.40. The molecule has 4 aliphatic rings. The lowest BCUT2D eigenvalue weighted by Crippen LogP contribution is -2.43. The largest absolute Gasteiger partial charge is 0.479 e. The summed E-state index contributed by atoms with van der Waals surface area (Å²) >= 11 is 12.6. The van der Waals surface area contributed by atoms with Gasteiger partial charge in [0, 0.05) is 67.2 Å². The van der Waals surface area contributed by atoms with E-state index in [9.17, 15) is 0 Å². The van der Waals surface area contributed by atoms with E-state index >= 15 is 0 Å². The zero-order chi connectivity index (χ0) is 24.6. The molecule has 0 aliphatic carbocycles. The van der Waals surface area contributed by atoms with Gasteiger partial charge >= 0.3 is 0 Å². The van der Waals surface area contributed by atoms with Crippen molar-refractivity contribution in [3.05, 3.63) is 58.3 Å². The molecule has 6 rings (SSSR count). The molecule has 2 N–H and O–H groups in total. The Bertz CT molecular complexity index is 1480. The number of rotatable bonds is 4. The number of hydrogen-bond acceptors (Lipinski definition) is 8. The number of hydrogen-bond donors (Lipinski definition) is 2. The van der Waals surface area contributed by atoms with Crippen LogP contribution in [-0.2, 0) is 6.54 Å². The molecule has 0 bridgehead atoms. The highest BCUT2D eigenvalue weighted by molar-refractivity contribution is 6.36. The maximum atomic E-state index is 6.53. The van der Waals surface area contributed by atoms with Crippen molar-refractivity contribution in [1.82, 2.24) is 24.8 Å². The summed E-state index contributed by atoms with van der Waals surface area (Å²) in [7, 11) is 1.60. The van der Waals surface area contributed by atoms with Crippen LogP contribution in [0.25, 0.3) is 22.5 Å². The van der Waals surface area contributed by atoms with Gasteiger partial charge < -0.3 is 24.8 Å². The molecule has 0 atom stereocenters. The number of nitrogens with one attached hydrogen (secondary N) is 2. The quantitative estimate of drug-likeness (QED) is 0.420. The summed E-state index contributed by atoms with van der Waals surface area (Å²) in [6.45, 7) is 5.23. The second-order valence-electron chi connectivity index (χ2n) is 8.60. The van der Waals surface area contributed by atoms with E-state index in [-0.39, 0.29) is 0 Å². The van der Waals surface area contributed by atoms with Gasteiger partial charge in [-0.3, -0.25) is 0 Å². The van der Waals surface area contributed by atoms with Crippen LogP contribution >= 0.6 is 23.2 Å². The lowest BCUT2D eigenvalue weighted by Gasteiger charge is -2.28. The number of anilines is 2. The number of methoxy groups -OCH3 is 1. The standard InChI is InChI=1S/C25H24Cl2N8O/c1-36-24-20(4-5-21(32-24)34-9-6-28-7-10-34)31-25-30-14-15-12-18(17-3-2-16(26)13-19(17)27)23-29-8-11-35(23)22(15)33-25/h2-5,12-14,28-29H,6-11H2,1H3. The third-order valence-corrected chi connectivity index (χ3v) is 6.94. The molecule has 36 heavy (non-hydrogen) atoms. The van der Waals surface area contributed by atoms with Crippen LogP contribution in [0.5, 0.6) is 5.88 Å². The van der Waals surface area contributed by atoms with E-state index in [1.165, 1.54) is 0 Å². The van der Waals surface area contributed by atoms with Gasteiger partial charge in [-0.25, -0.2) is 9.98 Å². The molecular weight excluding hydrogens is 499 g/mol. The average Bonchev–Trinajstić information content (AvgIpc) is 3.40. The molecule has 2 aromatic rings. The molecule has 1 aromatic heterocycles. The minimum absolute atomic E-state index is 0.344. The van der Waals surface area contributed by atoms with Crippen LogP contribution in [0.1, 0.15) is 0 Å². The highest BCUT2D eigenvalue weighted by atomic mass is 35.5. The third kappa shape index (κ3) is 4.23. The highest BCUT2D eigenvalue weighted by Crippen LogP contribution is 2.40. The monoisotopic (exact) mass is 522 g/mol. The molecule has 0 saturated carbocycles. The summed E-state index contributed by atoms with van der Waals surface area (Å²) in [6.07, 6.45) is 1.79. The van der Waals surface area contributed by atoms with Crippen molar-refractivity contribution in [3.8, 4) is 28.4 Å². The van der Waals surface area contributed by atoms with Crippen molar-refractivity contribution >= 4 is 40.5 Å². The molecule has 0 unspecified atom stereocenters. The summed E-state index contributed by atoms with van der Waals surface area (Å²) in [5.74, 6) is 3.07. The van der Waals surface area contributed by atoms with Crippen LogP contribution in [-0.4, -0.2) is 59.4 Å². The predicted octanol–water partition coefficient (Wildman–Crippen LogP) is 3.83. The van der Waals surface area contributed by atoms with Crippen LogP contribution in [0, 0.1) is 0 Å². The minimum Gasteiger partial charge on any atom is -0.479 e. The summed E-state index contributed by atoms with van der Waals surface area (Å²) in [5.41, 5.74) is 3.69. The molecule has 11 heteroatoms. The molecule has 1 fully saturated rings. The van der Waals surface area contributed by atoms with E-state index in [1.54, 1.807) is 19.4 Å². The number of ether oxygens (including phenoxy) is 1. The number of pyridine rings is 2. The second-order valence-corrected chi connectivity index (χ2v) is 9.45. The fourth-order valence-electron chi connectivity index (χ4n) is 4.66. The highest BCUT2D eigenvalue weighted by Gasteiger charge is 2.23. The number of fused-ring (bicyclic) bond motifs is 3. The zero-order valence-corrected chi connectivity index (χ0v) is 21.1. The van der Waals surface area contributed by atoms with Gasteiger partial charge in [-0.05, 0) is 30.3 Å². The van der Waals surface area contributed by atoms with Gasteiger partial charge in [-0.15, -0.1) is 0 Å². The van der Waals surface area contributed by atoms with Crippen LogP contribution in [0.2, 0.25) is 10.0 Å². The fourth-order valence-corrected chi connectivity index (χ4v) is 5.17. The van der Waals surface area contributed by atoms with Gasteiger partial charge in [0.25, 0.3) is 5.62 Å². The smallest absolute Gasteiger partial charge is 0.252 e. The molecule has 5 heterocycles. The van der Waals surface area contributed by atoms with Gasteiger partial charge in [-0.2, -0.15) is 9.97 Å². The van der Waals surface area contributed by atoms with Gasteiger partial charge in [0.2, 0.25) is 5.88 Å². The number of benzene rings is 1. The number of halogens is 2. The normalized spacial score (nSPS) is 15.8. The van der Waals surface area contributed by atoms with Crippen LogP contribution in [0.3, 0.4) is 0 Å². The van der Waals surface area contributed by atoms with Gasteiger partial charge in [0.1, 0.15) is 23.1 Å². The topological polar surface area (TPSA) is 92.5 Å². The van der Waals surface area contributed by atoms with Crippen LogP contribution in [0.4, 0.5) is 17.3 Å². The van der Waals surface area contributed by atoms with Crippen LogP contribution in [0.15, 0.2) is 47.6 Å². The van der Waals surface area contributed by atoms with Crippen molar-refractivity contribution in [2.45, 2.75) is 6.54 Å². The molecule has 184 valence electrons. The summed E-state index contributed by atoms with van der Waals surface area (Å²) < 4.78 is 7.69. The predicted molar refractivity (Wildman–Crippen MR) is 142 cm³/mol. The van der Waals surface area contributed by atoms with E-state index in [2.05, 4.69) is 35.1 Å². The van der Waals surface area contributed by atoms with Crippen molar-refractivity contribution < 1.29 is 4.74 Å².